The van der Waals surface area contributed by atoms with Gasteiger partial charge in [0.25, 0.3) is 0 Å². The van der Waals surface area contributed by atoms with E-state index in [2.05, 4.69) is 30.3 Å². The second-order valence-corrected chi connectivity index (χ2v) is 5.30. The Morgan fingerprint density at radius 2 is 2.30 bits per heavy atom. The molecular weight excluding hydrogens is 254 g/mol. The molecule has 1 unspecified atom stereocenters. The van der Waals surface area contributed by atoms with Gasteiger partial charge in [0.15, 0.2) is 5.82 Å². The number of likely N-dealkylation sites (tertiary alicyclic amines) is 1. The van der Waals surface area contributed by atoms with Crippen LogP contribution in [0.1, 0.15) is 36.1 Å². The van der Waals surface area contributed by atoms with Crippen molar-refractivity contribution in [1.82, 2.24) is 35.1 Å². The zero-order valence-electron chi connectivity index (χ0n) is 11.9. The molecule has 0 aliphatic carbocycles. The van der Waals surface area contributed by atoms with Crippen molar-refractivity contribution in [3.8, 4) is 0 Å². The highest BCUT2D eigenvalue weighted by Gasteiger charge is 2.23. The van der Waals surface area contributed by atoms with Crippen molar-refractivity contribution in [1.29, 1.82) is 0 Å². The Morgan fingerprint density at radius 1 is 1.40 bits per heavy atom. The molecule has 106 valence electrons. The van der Waals surface area contributed by atoms with Gasteiger partial charge in [-0.2, -0.15) is 4.80 Å². The minimum absolute atomic E-state index is 0.474. The van der Waals surface area contributed by atoms with Gasteiger partial charge in [-0.05, 0) is 37.6 Å². The van der Waals surface area contributed by atoms with Crippen molar-refractivity contribution >= 4 is 0 Å². The van der Waals surface area contributed by atoms with Gasteiger partial charge < -0.3 is 0 Å². The van der Waals surface area contributed by atoms with Gasteiger partial charge in [-0.1, -0.05) is 0 Å². The largest absolute Gasteiger partial charge is 0.295 e. The van der Waals surface area contributed by atoms with E-state index in [1.807, 2.05) is 19.2 Å². The maximum atomic E-state index is 4.56. The molecule has 1 saturated heterocycles. The summed E-state index contributed by atoms with van der Waals surface area (Å²) in [6.45, 7) is 4.77. The molecule has 0 saturated carbocycles. The normalized spacial score (nSPS) is 20.2. The van der Waals surface area contributed by atoms with Crippen molar-refractivity contribution in [2.24, 2.45) is 7.05 Å². The van der Waals surface area contributed by atoms with Crippen LogP contribution in [0.25, 0.3) is 0 Å². The molecule has 20 heavy (non-hydrogen) atoms. The number of aryl methyl sites for hydroxylation is 2. The van der Waals surface area contributed by atoms with E-state index in [4.69, 9.17) is 0 Å². The van der Waals surface area contributed by atoms with Crippen LogP contribution in [0.15, 0.2) is 12.3 Å². The number of hydrogen-bond acceptors (Lipinski definition) is 6. The Kier molecular flexibility index (Phi) is 3.68. The Bertz CT molecular complexity index is 580. The summed E-state index contributed by atoms with van der Waals surface area (Å²) in [6.07, 6.45) is 4.20. The van der Waals surface area contributed by atoms with Crippen LogP contribution in [0.3, 0.4) is 0 Å². The van der Waals surface area contributed by atoms with E-state index >= 15 is 0 Å². The zero-order valence-corrected chi connectivity index (χ0v) is 11.9. The zero-order chi connectivity index (χ0) is 13.9. The van der Waals surface area contributed by atoms with Crippen LogP contribution in [-0.2, 0) is 13.6 Å². The van der Waals surface area contributed by atoms with E-state index in [-0.39, 0.29) is 0 Å². The van der Waals surface area contributed by atoms with E-state index in [0.29, 0.717) is 5.92 Å². The van der Waals surface area contributed by atoms with Crippen LogP contribution in [0.4, 0.5) is 0 Å². The smallest absolute Gasteiger partial charge is 0.188 e. The Hall–Kier alpha value is -1.89. The average molecular weight is 273 g/mol. The Morgan fingerprint density at radius 3 is 3.05 bits per heavy atom. The molecule has 0 radical (unpaired) electrons. The van der Waals surface area contributed by atoms with Crippen molar-refractivity contribution < 1.29 is 0 Å². The average Bonchev–Trinajstić information content (AvgIpc) is 2.84. The van der Waals surface area contributed by atoms with Crippen molar-refractivity contribution in [3.63, 3.8) is 0 Å². The molecular formula is C13H19N7. The molecule has 7 heteroatoms. The minimum Gasteiger partial charge on any atom is -0.295 e. The fourth-order valence-corrected chi connectivity index (χ4v) is 2.73. The van der Waals surface area contributed by atoms with Gasteiger partial charge in [-0.3, -0.25) is 4.90 Å². The molecule has 3 heterocycles. The third kappa shape index (κ3) is 2.98. The highest BCUT2D eigenvalue weighted by Crippen LogP contribution is 2.25. The fraction of sp³-hybridized carbons (Fsp3) is 0.615. The first-order chi connectivity index (χ1) is 9.70. The molecule has 0 spiro atoms. The van der Waals surface area contributed by atoms with Crippen LogP contribution in [-0.4, -0.2) is 48.2 Å². The molecule has 7 nitrogen and oxygen atoms in total. The summed E-state index contributed by atoms with van der Waals surface area (Å²) < 4.78 is 0. The molecule has 2 aromatic rings. The summed E-state index contributed by atoms with van der Waals surface area (Å²) in [5.74, 6) is 2.10. The molecule has 0 amide bonds. The van der Waals surface area contributed by atoms with Gasteiger partial charge >= 0.3 is 0 Å². The fourth-order valence-electron chi connectivity index (χ4n) is 2.73. The monoisotopic (exact) mass is 273 g/mol. The van der Waals surface area contributed by atoms with Crippen molar-refractivity contribution in [3.05, 3.63) is 29.6 Å². The number of nitrogens with zero attached hydrogens (tertiary/aromatic N) is 7. The summed E-state index contributed by atoms with van der Waals surface area (Å²) in [6, 6.07) is 2.03. The lowest BCUT2D eigenvalue weighted by molar-refractivity contribution is 0.194. The Labute approximate surface area is 118 Å². The molecule has 1 aliphatic heterocycles. The van der Waals surface area contributed by atoms with Crippen LogP contribution in [0.2, 0.25) is 0 Å². The third-order valence-electron chi connectivity index (χ3n) is 3.64. The second kappa shape index (κ2) is 5.62. The molecule has 0 bridgehead atoms. The van der Waals surface area contributed by atoms with E-state index in [1.54, 1.807) is 7.05 Å². The molecule has 1 atom stereocenters. The number of hydrogen-bond donors (Lipinski definition) is 0. The summed E-state index contributed by atoms with van der Waals surface area (Å²) in [4.78, 5) is 12.6. The van der Waals surface area contributed by atoms with Gasteiger partial charge in [0.2, 0.25) is 0 Å². The highest BCUT2D eigenvalue weighted by atomic mass is 15.6. The molecule has 2 aromatic heterocycles. The van der Waals surface area contributed by atoms with Gasteiger partial charge in [-0.25, -0.2) is 9.97 Å². The van der Waals surface area contributed by atoms with E-state index in [0.717, 1.165) is 37.0 Å². The lowest BCUT2D eigenvalue weighted by atomic mass is 9.94. The molecule has 3 rings (SSSR count). The standard InChI is InChI=1S/C13H19N7/c1-10-14-6-5-12(15-10)11-4-3-7-20(8-11)9-13-16-18-19(2)17-13/h5-6,11H,3-4,7-9H2,1-2H3. The molecule has 1 aliphatic rings. The van der Waals surface area contributed by atoms with Gasteiger partial charge in [0.05, 0.1) is 13.6 Å². The summed E-state index contributed by atoms with van der Waals surface area (Å²) in [5, 5.41) is 12.2. The summed E-state index contributed by atoms with van der Waals surface area (Å²) >= 11 is 0. The Balaban J connectivity index is 1.67. The number of rotatable bonds is 3. The second-order valence-electron chi connectivity index (χ2n) is 5.30. The molecule has 0 N–H and O–H groups in total. The van der Waals surface area contributed by atoms with E-state index < -0.39 is 0 Å². The van der Waals surface area contributed by atoms with Gasteiger partial charge in [-0.15, -0.1) is 10.2 Å². The first-order valence-electron chi connectivity index (χ1n) is 6.95. The predicted molar refractivity (Wildman–Crippen MR) is 72.8 cm³/mol. The quantitative estimate of drug-likeness (QED) is 0.819. The van der Waals surface area contributed by atoms with Crippen LogP contribution < -0.4 is 0 Å². The van der Waals surface area contributed by atoms with E-state index in [1.165, 1.54) is 17.6 Å². The maximum absolute atomic E-state index is 4.56. The van der Waals surface area contributed by atoms with E-state index in [9.17, 15) is 0 Å². The maximum Gasteiger partial charge on any atom is 0.188 e. The molecule has 0 aromatic carbocycles. The number of aromatic nitrogens is 6. The first kappa shape index (κ1) is 13.1. The van der Waals surface area contributed by atoms with Crippen LogP contribution >= 0.6 is 0 Å². The van der Waals surface area contributed by atoms with Crippen molar-refractivity contribution in [2.45, 2.75) is 32.2 Å². The number of tetrazole rings is 1. The topological polar surface area (TPSA) is 72.6 Å². The first-order valence-corrected chi connectivity index (χ1v) is 6.95. The number of piperidine rings is 1. The van der Waals surface area contributed by atoms with Crippen LogP contribution in [0, 0.1) is 6.92 Å². The summed E-state index contributed by atoms with van der Waals surface area (Å²) in [5.41, 5.74) is 1.15. The summed E-state index contributed by atoms with van der Waals surface area (Å²) in [7, 11) is 1.79. The third-order valence-corrected chi connectivity index (χ3v) is 3.64. The van der Waals surface area contributed by atoms with Gasteiger partial charge in [0, 0.05) is 24.4 Å². The van der Waals surface area contributed by atoms with Gasteiger partial charge in [0.1, 0.15) is 5.82 Å². The lowest BCUT2D eigenvalue weighted by Crippen LogP contribution is -2.34. The molecule has 1 fully saturated rings. The highest BCUT2D eigenvalue weighted by molar-refractivity contribution is 5.10. The SMILES string of the molecule is Cc1nccc(C2CCCN(Cc3nnn(C)n3)C2)n1. The van der Waals surface area contributed by atoms with Crippen LogP contribution in [0.5, 0.6) is 0 Å². The minimum atomic E-state index is 0.474. The van der Waals surface area contributed by atoms with Crippen molar-refractivity contribution in [2.75, 3.05) is 13.1 Å². The predicted octanol–water partition coefficient (Wildman–Crippen LogP) is 0.688. The lowest BCUT2D eigenvalue weighted by Gasteiger charge is -2.31.